The molecule has 0 atom stereocenters. The number of amidine groups is 1. The van der Waals surface area contributed by atoms with E-state index in [2.05, 4.69) is 5.16 Å². The molecular formula is C9H13N3O3. The molecular weight excluding hydrogens is 198 g/mol. The molecule has 0 aliphatic carbocycles. The van der Waals surface area contributed by atoms with Crippen molar-refractivity contribution in [3.05, 3.63) is 23.7 Å². The van der Waals surface area contributed by atoms with Gasteiger partial charge >= 0.3 is 0 Å². The van der Waals surface area contributed by atoms with Crippen molar-refractivity contribution in [1.29, 1.82) is 0 Å². The van der Waals surface area contributed by atoms with Gasteiger partial charge in [0.15, 0.2) is 5.84 Å². The lowest BCUT2D eigenvalue weighted by atomic mass is 10.3. The molecule has 1 amide bonds. The number of carbonyl (C=O) groups is 1. The molecule has 3 N–H and O–H groups in total. The first-order chi connectivity index (χ1) is 7.04. The van der Waals surface area contributed by atoms with Crippen molar-refractivity contribution in [2.45, 2.75) is 6.92 Å². The second kappa shape index (κ2) is 4.50. The van der Waals surface area contributed by atoms with Crippen molar-refractivity contribution in [3.63, 3.8) is 0 Å². The topological polar surface area (TPSA) is 92.1 Å². The van der Waals surface area contributed by atoms with Crippen LogP contribution < -0.4 is 5.73 Å². The van der Waals surface area contributed by atoms with Crippen LogP contribution in [0.5, 0.6) is 0 Å². The molecule has 0 unspecified atom stereocenters. The molecule has 6 nitrogen and oxygen atoms in total. The Labute approximate surface area is 87.0 Å². The van der Waals surface area contributed by atoms with E-state index >= 15 is 0 Å². The van der Waals surface area contributed by atoms with E-state index in [1.807, 2.05) is 0 Å². The molecule has 0 bridgehead atoms. The highest BCUT2D eigenvalue weighted by atomic mass is 16.4. The normalized spacial score (nSPS) is 11.5. The standard InChI is InChI=1S/C9H13N3O3/c1-6-3-7(5-15-6)9(13)12(2)4-8(10)11-14/h3,5,14H,4H2,1-2H3,(H2,10,11). The highest BCUT2D eigenvalue weighted by Gasteiger charge is 2.14. The van der Waals surface area contributed by atoms with Crippen molar-refractivity contribution >= 4 is 11.7 Å². The van der Waals surface area contributed by atoms with E-state index < -0.39 is 0 Å². The number of aryl methyl sites for hydroxylation is 1. The number of furan rings is 1. The van der Waals surface area contributed by atoms with Gasteiger partial charge in [-0.05, 0) is 13.0 Å². The summed E-state index contributed by atoms with van der Waals surface area (Å²) in [5.74, 6) is 0.403. The first-order valence-corrected chi connectivity index (χ1v) is 4.31. The van der Waals surface area contributed by atoms with E-state index in [4.69, 9.17) is 15.4 Å². The Morgan fingerprint density at radius 2 is 2.40 bits per heavy atom. The molecule has 6 heteroatoms. The molecule has 0 aliphatic heterocycles. The Kier molecular flexibility index (Phi) is 3.33. The number of likely N-dealkylation sites (N-methyl/N-ethyl adjacent to an activating group) is 1. The summed E-state index contributed by atoms with van der Waals surface area (Å²) < 4.78 is 5.01. The van der Waals surface area contributed by atoms with Gasteiger partial charge in [-0.2, -0.15) is 0 Å². The van der Waals surface area contributed by atoms with Gasteiger partial charge in [-0.15, -0.1) is 0 Å². The molecule has 0 aliphatic rings. The largest absolute Gasteiger partial charge is 0.469 e. The lowest BCUT2D eigenvalue weighted by molar-refractivity contribution is 0.0813. The van der Waals surface area contributed by atoms with Crippen LogP contribution in [-0.4, -0.2) is 35.4 Å². The number of nitrogens with two attached hydrogens (primary N) is 1. The number of nitrogens with zero attached hydrogens (tertiary/aromatic N) is 2. The van der Waals surface area contributed by atoms with Crippen LogP contribution in [0, 0.1) is 6.92 Å². The van der Waals surface area contributed by atoms with Gasteiger partial charge in [0.2, 0.25) is 0 Å². The molecule has 0 saturated heterocycles. The van der Waals surface area contributed by atoms with E-state index in [0.717, 1.165) is 0 Å². The van der Waals surface area contributed by atoms with Gasteiger partial charge in [0, 0.05) is 7.05 Å². The van der Waals surface area contributed by atoms with E-state index in [1.165, 1.54) is 11.2 Å². The zero-order chi connectivity index (χ0) is 11.4. The van der Waals surface area contributed by atoms with Crippen LogP contribution in [0.15, 0.2) is 21.9 Å². The summed E-state index contributed by atoms with van der Waals surface area (Å²) in [6.45, 7) is 1.82. The highest BCUT2D eigenvalue weighted by Crippen LogP contribution is 2.08. The molecule has 1 rings (SSSR count). The van der Waals surface area contributed by atoms with Crippen LogP contribution in [0.2, 0.25) is 0 Å². The molecule has 82 valence electrons. The van der Waals surface area contributed by atoms with Crippen LogP contribution in [0.4, 0.5) is 0 Å². The molecule has 1 aromatic heterocycles. The Morgan fingerprint density at radius 1 is 1.73 bits per heavy atom. The molecule has 0 spiro atoms. The average molecular weight is 211 g/mol. The minimum Gasteiger partial charge on any atom is -0.469 e. The van der Waals surface area contributed by atoms with Crippen molar-refractivity contribution in [1.82, 2.24) is 4.90 Å². The zero-order valence-electron chi connectivity index (χ0n) is 8.60. The van der Waals surface area contributed by atoms with Gasteiger partial charge < -0.3 is 20.3 Å². The van der Waals surface area contributed by atoms with Crippen molar-refractivity contribution in [2.75, 3.05) is 13.6 Å². The van der Waals surface area contributed by atoms with Crippen molar-refractivity contribution in [3.8, 4) is 0 Å². The van der Waals surface area contributed by atoms with Gasteiger partial charge in [-0.3, -0.25) is 4.79 Å². The fourth-order valence-electron chi connectivity index (χ4n) is 1.12. The van der Waals surface area contributed by atoms with Crippen LogP contribution in [-0.2, 0) is 0 Å². The maximum absolute atomic E-state index is 11.7. The van der Waals surface area contributed by atoms with Gasteiger partial charge in [-0.1, -0.05) is 5.16 Å². The second-order valence-corrected chi connectivity index (χ2v) is 3.20. The fraction of sp³-hybridized carbons (Fsp3) is 0.333. The molecule has 0 radical (unpaired) electrons. The number of rotatable bonds is 3. The number of hydrogen-bond donors (Lipinski definition) is 2. The Bertz CT molecular complexity index is 384. The van der Waals surface area contributed by atoms with Crippen LogP contribution >= 0.6 is 0 Å². The minimum absolute atomic E-state index is 0.0222. The molecule has 1 heterocycles. The monoisotopic (exact) mass is 211 g/mol. The molecule has 0 saturated carbocycles. The Hall–Kier alpha value is -1.98. The lowest BCUT2D eigenvalue weighted by Crippen LogP contribution is -2.35. The quantitative estimate of drug-likeness (QED) is 0.328. The lowest BCUT2D eigenvalue weighted by Gasteiger charge is -2.14. The smallest absolute Gasteiger partial charge is 0.257 e. The fourth-order valence-corrected chi connectivity index (χ4v) is 1.12. The predicted molar refractivity (Wildman–Crippen MR) is 53.8 cm³/mol. The summed E-state index contributed by atoms with van der Waals surface area (Å²) in [4.78, 5) is 13.0. The average Bonchev–Trinajstić information content (AvgIpc) is 2.63. The summed E-state index contributed by atoms with van der Waals surface area (Å²) in [5.41, 5.74) is 5.72. The third kappa shape index (κ3) is 2.73. The van der Waals surface area contributed by atoms with Crippen molar-refractivity contribution in [2.24, 2.45) is 10.9 Å². The highest BCUT2D eigenvalue weighted by molar-refractivity contribution is 5.96. The van der Waals surface area contributed by atoms with Crippen LogP contribution in [0.1, 0.15) is 16.1 Å². The van der Waals surface area contributed by atoms with Crippen LogP contribution in [0.25, 0.3) is 0 Å². The molecule has 1 aromatic rings. The van der Waals surface area contributed by atoms with Gasteiger partial charge in [0.1, 0.15) is 12.0 Å². The summed E-state index contributed by atoms with van der Waals surface area (Å²) in [7, 11) is 1.56. The minimum atomic E-state index is -0.238. The maximum Gasteiger partial charge on any atom is 0.257 e. The van der Waals surface area contributed by atoms with Crippen LogP contribution in [0.3, 0.4) is 0 Å². The number of hydrogen-bond acceptors (Lipinski definition) is 4. The van der Waals surface area contributed by atoms with Crippen molar-refractivity contribution < 1.29 is 14.4 Å². The molecule has 0 aromatic carbocycles. The Balaban J connectivity index is 2.69. The first-order valence-electron chi connectivity index (χ1n) is 4.31. The van der Waals surface area contributed by atoms with E-state index in [-0.39, 0.29) is 18.3 Å². The zero-order valence-corrected chi connectivity index (χ0v) is 8.60. The number of oxime groups is 1. The third-order valence-corrected chi connectivity index (χ3v) is 1.85. The van der Waals surface area contributed by atoms with E-state index in [0.29, 0.717) is 11.3 Å². The number of carbonyl (C=O) groups excluding carboxylic acids is 1. The molecule has 15 heavy (non-hydrogen) atoms. The number of amides is 1. The SMILES string of the molecule is Cc1cc(C(=O)N(C)CC(N)=NO)co1. The van der Waals surface area contributed by atoms with Gasteiger partial charge in [0.25, 0.3) is 5.91 Å². The second-order valence-electron chi connectivity index (χ2n) is 3.20. The van der Waals surface area contributed by atoms with E-state index in [1.54, 1.807) is 20.0 Å². The van der Waals surface area contributed by atoms with E-state index in [9.17, 15) is 4.79 Å². The molecule has 0 fully saturated rings. The summed E-state index contributed by atoms with van der Waals surface area (Å²) in [6, 6.07) is 1.63. The maximum atomic E-state index is 11.7. The first kappa shape index (κ1) is 11.1. The van der Waals surface area contributed by atoms with Gasteiger partial charge in [-0.25, -0.2) is 0 Å². The Morgan fingerprint density at radius 3 is 2.87 bits per heavy atom. The summed E-state index contributed by atoms with van der Waals surface area (Å²) in [5, 5.41) is 11.1. The summed E-state index contributed by atoms with van der Waals surface area (Å²) in [6.07, 6.45) is 1.38. The van der Waals surface area contributed by atoms with Gasteiger partial charge in [0.05, 0.1) is 12.1 Å². The predicted octanol–water partition coefficient (Wildman–Crippen LogP) is 0.406. The summed E-state index contributed by atoms with van der Waals surface area (Å²) >= 11 is 0. The third-order valence-electron chi connectivity index (χ3n) is 1.85.